The lowest BCUT2D eigenvalue weighted by Gasteiger charge is -2.38. The normalized spacial score (nSPS) is 21.3. The molecule has 3 nitrogen and oxygen atoms in total. The summed E-state index contributed by atoms with van der Waals surface area (Å²) in [5.41, 5.74) is -0.890. The maximum Gasteiger partial charge on any atom is 0.200 e. The SMILES string of the molecule is Fc1c(F)c(F)c(N2CCC3(CC2)OCCO3)c(F)c1F. The van der Waals surface area contributed by atoms with Gasteiger partial charge < -0.3 is 14.4 Å². The van der Waals surface area contributed by atoms with E-state index in [1.165, 1.54) is 0 Å². The first-order chi connectivity index (χ1) is 9.95. The smallest absolute Gasteiger partial charge is 0.200 e. The average molecular weight is 309 g/mol. The van der Waals surface area contributed by atoms with Crippen molar-refractivity contribution < 1.29 is 31.4 Å². The molecule has 0 amide bonds. The number of nitrogens with zero attached hydrogens (tertiary/aromatic N) is 1. The summed E-state index contributed by atoms with van der Waals surface area (Å²) in [5, 5.41) is 0. The van der Waals surface area contributed by atoms with Gasteiger partial charge in [-0.2, -0.15) is 0 Å². The highest BCUT2D eigenvalue weighted by atomic mass is 19.2. The molecule has 2 aliphatic rings. The molecule has 0 aromatic heterocycles. The van der Waals surface area contributed by atoms with Gasteiger partial charge in [0, 0.05) is 25.9 Å². The van der Waals surface area contributed by atoms with Crippen LogP contribution in [0.15, 0.2) is 0 Å². The number of hydrogen-bond acceptors (Lipinski definition) is 3. The number of benzene rings is 1. The Morgan fingerprint density at radius 1 is 0.714 bits per heavy atom. The summed E-state index contributed by atoms with van der Waals surface area (Å²) in [6.07, 6.45) is 0.596. The molecule has 0 N–H and O–H groups in total. The number of ether oxygens (including phenoxy) is 2. The number of halogens is 5. The van der Waals surface area contributed by atoms with Crippen LogP contribution in [0.5, 0.6) is 0 Å². The molecular formula is C13H12F5NO2. The Labute approximate surface area is 117 Å². The minimum absolute atomic E-state index is 0.0817. The predicted octanol–water partition coefficient (Wildman–Crippen LogP) is 2.73. The van der Waals surface area contributed by atoms with Gasteiger partial charge in [-0.3, -0.25) is 0 Å². The van der Waals surface area contributed by atoms with E-state index in [1.807, 2.05) is 0 Å². The van der Waals surface area contributed by atoms with Crippen LogP contribution >= 0.6 is 0 Å². The van der Waals surface area contributed by atoms with E-state index in [2.05, 4.69) is 0 Å². The minimum Gasteiger partial charge on any atom is -0.366 e. The first kappa shape index (κ1) is 14.5. The Balaban J connectivity index is 1.89. The molecule has 1 aromatic carbocycles. The average Bonchev–Trinajstić information content (AvgIpc) is 2.94. The Morgan fingerprint density at radius 2 is 1.14 bits per heavy atom. The highest BCUT2D eigenvalue weighted by Gasteiger charge is 2.41. The zero-order valence-electron chi connectivity index (χ0n) is 10.9. The van der Waals surface area contributed by atoms with Crippen LogP contribution in [0, 0.1) is 29.1 Å². The van der Waals surface area contributed by atoms with Gasteiger partial charge in [-0.15, -0.1) is 0 Å². The van der Waals surface area contributed by atoms with Crippen molar-refractivity contribution >= 4 is 5.69 Å². The maximum atomic E-state index is 13.7. The molecule has 0 saturated carbocycles. The summed E-state index contributed by atoms with van der Waals surface area (Å²) in [6.45, 7) is 1.03. The van der Waals surface area contributed by atoms with Crippen LogP contribution in [0.25, 0.3) is 0 Å². The van der Waals surface area contributed by atoms with Gasteiger partial charge in [0.25, 0.3) is 0 Å². The maximum absolute atomic E-state index is 13.7. The van der Waals surface area contributed by atoms with Gasteiger partial charge >= 0.3 is 0 Å². The van der Waals surface area contributed by atoms with Crippen molar-refractivity contribution in [2.75, 3.05) is 31.2 Å². The first-order valence-corrected chi connectivity index (χ1v) is 6.49. The number of rotatable bonds is 1. The van der Waals surface area contributed by atoms with Gasteiger partial charge in [0.2, 0.25) is 5.82 Å². The predicted molar refractivity (Wildman–Crippen MR) is 62.3 cm³/mol. The van der Waals surface area contributed by atoms with Crippen molar-refractivity contribution in [1.29, 1.82) is 0 Å². The van der Waals surface area contributed by atoms with Crippen molar-refractivity contribution in [1.82, 2.24) is 0 Å². The Bertz CT molecular complexity index is 535. The molecule has 0 atom stereocenters. The van der Waals surface area contributed by atoms with E-state index in [9.17, 15) is 22.0 Å². The zero-order chi connectivity index (χ0) is 15.2. The van der Waals surface area contributed by atoms with Gasteiger partial charge in [-0.1, -0.05) is 0 Å². The lowest BCUT2D eigenvalue weighted by atomic mass is 10.0. The monoisotopic (exact) mass is 309 g/mol. The summed E-state index contributed by atoms with van der Waals surface area (Å²) < 4.78 is 77.8. The van der Waals surface area contributed by atoms with Crippen LogP contribution in [0.4, 0.5) is 27.6 Å². The second kappa shape index (κ2) is 5.10. The summed E-state index contributed by atoms with van der Waals surface area (Å²) in [4.78, 5) is 1.13. The lowest BCUT2D eigenvalue weighted by Crippen LogP contribution is -2.46. The molecule has 0 unspecified atom stereocenters. The lowest BCUT2D eigenvalue weighted by molar-refractivity contribution is -0.169. The van der Waals surface area contributed by atoms with Crippen LogP contribution in [0.3, 0.4) is 0 Å². The van der Waals surface area contributed by atoms with Crippen LogP contribution in [0.2, 0.25) is 0 Å². The third-order valence-corrected chi connectivity index (χ3v) is 3.84. The third kappa shape index (κ3) is 2.26. The molecule has 2 heterocycles. The van der Waals surface area contributed by atoms with Gasteiger partial charge in [-0.25, -0.2) is 22.0 Å². The molecule has 21 heavy (non-hydrogen) atoms. The molecule has 116 valence electrons. The molecule has 3 rings (SSSR count). The molecular weight excluding hydrogens is 297 g/mol. The zero-order valence-corrected chi connectivity index (χ0v) is 10.9. The summed E-state index contributed by atoms with van der Waals surface area (Å²) >= 11 is 0. The van der Waals surface area contributed by atoms with E-state index in [0.717, 1.165) is 4.90 Å². The van der Waals surface area contributed by atoms with Crippen LogP contribution in [0.1, 0.15) is 12.8 Å². The summed E-state index contributed by atoms with van der Waals surface area (Å²) in [6, 6.07) is 0. The van der Waals surface area contributed by atoms with Crippen molar-refractivity contribution in [3.63, 3.8) is 0 Å². The fourth-order valence-electron chi connectivity index (χ4n) is 2.73. The molecule has 2 aliphatic heterocycles. The summed E-state index contributed by atoms with van der Waals surface area (Å²) in [7, 11) is 0. The topological polar surface area (TPSA) is 21.7 Å². The van der Waals surface area contributed by atoms with Crippen molar-refractivity contribution in [3.8, 4) is 0 Å². The quantitative estimate of drug-likeness (QED) is 0.452. The van der Waals surface area contributed by atoms with Gasteiger partial charge in [0.15, 0.2) is 29.1 Å². The Hall–Kier alpha value is -1.41. The number of hydrogen-bond donors (Lipinski definition) is 0. The molecule has 0 radical (unpaired) electrons. The fraction of sp³-hybridized carbons (Fsp3) is 0.538. The fourth-order valence-corrected chi connectivity index (χ4v) is 2.73. The van der Waals surface area contributed by atoms with E-state index in [0.29, 0.717) is 26.1 Å². The van der Waals surface area contributed by atoms with Crippen molar-refractivity contribution in [3.05, 3.63) is 29.1 Å². The van der Waals surface area contributed by atoms with Gasteiger partial charge in [0.1, 0.15) is 5.69 Å². The number of piperidine rings is 1. The molecule has 1 aromatic rings. The first-order valence-electron chi connectivity index (χ1n) is 6.49. The van der Waals surface area contributed by atoms with E-state index >= 15 is 0 Å². The van der Waals surface area contributed by atoms with Crippen LogP contribution < -0.4 is 4.90 Å². The highest BCUT2D eigenvalue weighted by molar-refractivity contribution is 5.51. The largest absolute Gasteiger partial charge is 0.366 e. The second-order valence-corrected chi connectivity index (χ2v) is 5.01. The van der Waals surface area contributed by atoms with E-state index in [4.69, 9.17) is 9.47 Å². The van der Waals surface area contributed by atoms with E-state index in [-0.39, 0.29) is 13.1 Å². The standard InChI is InChI=1S/C13H12F5NO2/c14-7-8(15)10(17)12(11(18)9(7)16)19-3-1-13(2-4-19)20-5-6-21-13/h1-6H2. The van der Waals surface area contributed by atoms with E-state index < -0.39 is 40.6 Å². The Kier molecular flexibility index (Phi) is 3.53. The van der Waals surface area contributed by atoms with Gasteiger partial charge in [-0.05, 0) is 0 Å². The summed E-state index contributed by atoms with van der Waals surface area (Å²) in [5.74, 6) is -10.4. The molecule has 8 heteroatoms. The van der Waals surface area contributed by atoms with Crippen molar-refractivity contribution in [2.24, 2.45) is 0 Å². The van der Waals surface area contributed by atoms with E-state index in [1.54, 1.807) is 0 Å². The van der Waals surface area contributed by atoms with Crippen LogP contribution in [-0.2, 0) is 9.47 Å². The second-order valence-electron chi connectivity index (χ2n) is 5.01. The van der Waals surface area contributed by atoms with Crippen molar-refractivity contribution in [2.45, 2.75) is 18.6 Å². The Morgan fingerprint density at radius 3 is 1.62 bits per heavy atom. The third-order valence-electron chi connectivity index (χ3n) is 3.84. The van der Waals surface area contributed by atoms with Crippen LogP contribution in [-0.4, -0.2) is 32.1 Å². The molecule has 2 saturated heterocycles. The molecule has 0 aliphatic carbocycles. The minimum atomic E-state index is -2.15. The molecule has 1 spiro atoms. The number of anilines is 1. The molecule has 0 bridgehead atoms. The highest BCUT2D eigenvalue weighted by Crippen LogP contribution is 2.36. The van der Waals surface area contributed by atoms with Gasteiger partial charge in [0.05, 0.1) is 13.2 Å². The molecule has 2 fully saturated rings.